The van der Waals surface area contributed by atoms with Crippen molar-refractivity contribution in [2.45, 2.75) is 6.42 Å². The van der Waals surface area contributed by atoms with Crippen molar-refractivity contribution in [3.63, 3.8) is 0 Å². The molecule has 0 aromatic heterocycles. The van der Waals surface area contributed by atoms with Crippen molar-refractivity contribution in [3.8, 4) is 0 Å². The summed E-state index contributed by atoms with van der Waals surface area (Å²) in [6.45, 7) is -0.466. The van der Waals surface area contributed by atoms with Crippen molar-refractivity contribution in [2.75, 3.05) is 11.9 Å². The molecule has 1 N–H and O–H groups in total. The first-order valence-corrected chi connectivity index (χ1v) is 7.77. The number of anilines is 1. The number of rotatable bonds is 5. The molecule has 0 bridgehead atoms. The summed E-state index contributed by atoms with van der Waals surface area (Å²) in [5, 5.41) is 2.73. The topological polar surface area (TPSA) is 55.4 Å². The molecule has 0 unspecified atom stereocenters. The van der Waals surface area contributed by atoms with Crippen LogP contribution in [0, 0.1) is 5.82 Å². The molecule has 2 aromatic carbocycles. The van der Waals surface area contributed by atoms with E-state index >= 15 is 0 Å². The van der Waals surface area contributed by atoms with Crippen LogP contribution in [0.2, 0.25) is 5.02 Å². The molecule has 0 saturated heterocycles. The van der Waals surface area contributed by atoms with Gasteiger partial charge >= 0.3 is 5.97 Å². The van der Waals surface area contributed by atoms with E-state index in [-0.39, 0.29) is 17.0 Å². The number of carbonyl (C=O) groups is 2. The van der Waals surface area contributed by atoms with Crippen LogP contribution in [0.4, 0.5) is 10.1 Å². The van der Waals surface area contributed by atoms with Gasteiger partial charge in [0.2, 0.25) is 0 Å². The van der Waals surface area contributed by atoms with Gasteiger partial charge in [0.1, 0.15) is 5.82 Å². The Hall–Kier alpha value is -1.92. The summed E-state index contributed by atoms with van der Waals surface area (Å²) in [5.41, 5.74) is 0.607. The average molecular weight is 401 g/mol. The van der Waals surface area contributed by atoms with E-state index in [9.17, 15) is 14.0 Å². The smallest absolute Gasteiger partial charge is 0.310 e. The average Bonchev–Trinajstić information content (AvgIpc) is 2.51. The first kappa shape index (κ1) is 17.4. The summed E-state index contributed by atoms with van der Waals surface area (Å²) in [6.07, 6.45) is -0.339. The van der Waals surface area contributed by atoms with Gasteiger partial charge in [-0.15, -0.1) is 0 Å². The Morgan fingerprint density at radius 2 is 1.91 bits per heavy atom. The van der Waals surface area contributed by atoms with Crippen LogP contribution in [0.5, 0.6) is 0 Å². The lowest BCUT2D eigenvalue weighted by molar-refractivity contribution is -0.146. The molecular weight excluding hydrogens is 389 g/mol. The Balaban J connectivity index is 1.87. The highest BCUT2D eigenvalue weighted by Gasteiger charge is 2.14. The Morgan fingerprint density at radius 1 is 1.17 bits per heavy atom. The number of ether oxygens (including phenoxy) is 1. The number of nitrogens with one attached hydrogen (secondary N) is 1. The highest BCUT2D eigenvalue weighted by Crippen LogP contribution is 2.21. The molecule has 0 radical (unpaired) electrons. The van der Waals surface area contributed by atoms with Gasteiger partial charge in [0.15, 0.2) is 6.61 Å². The molecule has 0 aliphatic rings. The van der Waals surface area contributed by atoms with E-state index in [1.54, 1.807) is 24.3 Å². The summed E-state index contributed by atoms with van der Waals surface area (Å²) in [6, 6.07) is 11.1. The van der Waals surface area contributed by atoms with Gasteiger partial charge in [-0.3, -0.25) is 9.59 Å². The standard InChI is InChI=1S/C16H12BrClFNO3/c17-11-4-1-2-7-14(11)20-15(21)9-23-16(22)8-10-12(18)5-3-6-13(10)19/h1-7H,8-9H2,(H,20,21). The van der Waals surface area contributed by atoms with Gasteiger partial charge < -0.3 is 10.1 Å². The lowest BCUT2D eigenvalue weighted by Crippen LogP contribution is -2.22. The number of carbonyl (C=O) groups excluding carboxylic acids is 2. The van der Waals surface area contributed by atoms with Crippen molar-refractivity contribution in [1.29, 1.82) is 0 Å². The molecule has 120 valence electrons. The first-order valence-electron chi connectivity index (χ1n) is 6.60. The molecule has 0 fully saturated rings. The Kier molecular flexibility index (Phi) is 6.12. The predicted octanol–water partition coefficient (Wildman–Crippen LogP) is 3.97. The van der Waals surface area contributed by atoms with Crippen LogP contribution in [-0.4, -0.2) is 18.5 Å². The van der Waals surface area contributed by atoms with Crippen LogP contribution >= 0.6 is 27.5 Å². The summed E-state index contributed by atoms with van der Waals surface area (Å²) in [4.78, 5) is 23.5. The van der Waals surface area contributed by atoms with Gasteiger partial charge in [-0.1, -0.05) is 29.8 Å². The van der Waals surface area contributed by atoms with E-state index in [4.69, 9.17) is 16.3 Å². The SMILES string of the molecule is O=C(COC(=O)Cc1c(F)cccc1Cl)Nc1ccccc1Br. The molecule has 0 aliphatic heterocycles. The zero-order valence-electron chi connectivity index (χ0n) is 11.8. The molecule has 0 spiro atoms. The molecular formula is C16H12BrClFNO3. The second-order valence-electron chi connectivity index (χ2n) is 4.57. The number of hydrogen-bond donors (Lipinski definition) is 1. The van der Waals surface area contributed by atoms with E-state index in [0.717, 1.165) is 0 Å². The predicted molar refractivity (Wildman–Crippen MR) is 88.8 cm³/mol. The van der Waals surface area contributed by atoms with Crippen molar-refractivity contribution in [3.05, 3.63) is 63.3 Å². The number of amides is 1. The third-order valence-corrected chi connectivity index (χ3v) is 3.94. The fourth-order valence-corrected chi connectivity index (χ4v) is 2.41. The van der Waals surface area contributed by atoms with E-state index < -0.39 is 24.3 Å². The zero-order chi connectivity index (χ0) is 16.8. The fraction of sp³-hybridized carbons (Fsp3) is 0.125. The molecule has 2 rings (SSSR count). The third kappa shape index (κ3) is 5.04. The van der Waals surface area contributed by atoms with E-state index in [1.165, 1.54) is 18.2 Å². The van der Waals surface area contributed by atoms with E-state index in [0.29, 0.717) is 10.2 Å². The second-order valence-corrected chi connectivity index (χ2v) is 5.83. The highest BCUT2D eigenvalue weighted by atomic mass is 79.9. The second kappa shape index (κ2) is 8.08. The minimum Gasteiger partial charge on any atom is -0.455 e. The van der Waals surface area contributed by atoms with Gasteiger partial charge in [-0.2, -0.15) is 0 Å². The Morgan fingerprint density at radius 3 is 2.61 bits per heavy atom. The van der Waals surface area contributed by atoms with Crippen molar-refractivity contribution in [2.24, 2.45) is 0 Å². The van der Waals surface area contributed by atoms with Crippen LogP contribution in [-0.2, 0) is 20.7 Å². The van der Waals surface area contributed by atoms with Crippen LogP contribution < -0.4 is 5.32 Å². The highest BCUT2D eigenvalue weighted by molar-refractivity contribution is 9.10. The minimum absolute atomic E-state index is 0.0466. The van der Waals surface area contributed by atoms with Crippen LogP contribution in [0.15, 0.2) is 46.9 Å². The number of hydrogen-bond acceptors (Lipinski definition) is 3. The zero-order valence-corrected chi connectivity index (χ0v) is 14.2. The molecule has 0 heterocycles. The number of benzene rings is 2. The molecule has 7 heteroatoms. The van der Waals surface area contributed by atoms with Gasteiger partial charge in [0.25, 0.3) is 5.91 Å². The van der Waals surface area contributed by atoms with Gasteiger partial charge in [-0.25, -0.2) is 4.39 Å². The van der Waals surface area contributed by atoms with Gasteiger partial charge in [0.05, 0.1) is 12.1 Å². The normalized spacial score (nSPS) is 10.2. The van der Waals surface area contributed by atoms with E-state index in [2.05, 4.69) is 21.2 Å². The number of para-hydroxylation sites is 1. The molecule has 4 nitrogen and oxygen atoms in total. The largest absolute Gasteiger partial charge is 0.455 e. The molecule has 0 aliphatic carbocycles. The third-order valence-electron chi connectivity index (χ3n) is 2.89. The maximum Gasteiger partial charge on any atom is 0.310 e. The molecule has 0 atom stereocenters. The number of esters is 1. The van der Waals surface area contributed by atoms with Crippen LogP contribution in [0.3, 0.4) is 0 Å². The maximum absolute atomic E-state index is 13.6. The summed E-state index contributed by atoms with van der Waals surface area (Å²) in [5.74, 6) is -1.82. The van der Waals surface area contributed by atoms with Gasteiger partial charge in [-0.05, 0) is 40.2 Å². The summed E-state index contributed by atoms with van der Waals surface area (Å²) < 4.78 is 19.1. The lowest BCUT2D eigenvalue weighted by Gasteiger charge is -2.09. The van der Waals surface area contributed by atoms with Crippen molar-refractivity contribution >= 4 is 45.1 Å². The van der Waals surface area contributed by atoms with Crippen LogP contribution in [0.1, 0.15) is 5.56 Å². The summed E-state index contributed by atoms with van der Waals surface area (Å²) in [7, 11) is 0. The minimum atomic E-state index is -0.737. The number of halogens is 3. The monoisotopic (exact) mass is 399 g/mol. The van der Waals surface area contributed by atoms with Crippen LogP contribution in [0.25, 0.3) is 0 Å². The van der Waals surface area contributed by atoms with Gasteiger partial charge in [0, 0.05) is 15.1 Å². The fourth-order valence-electron chi connectivity index (χ4n) is 1.79. The lowest BCUT2D eigenvalue weighted by atomic mass is 10.1. The molecule has 2 aromatic rings. The quantitative estimate of drug-likeness (QED) is 0.773. The van der Waals surface area contributed by atoms with Crippen molar-refractivity contribution < 1.29 is 18.7 Å². The first-order chi connectivity index (χ1) is 11.0. The summed E-state index contributed by atoms with van der Waals surface area (Å²) >= 11 is 9.11. The molecule has 23 heavy (non-hydrogen) atoms. The Labute approximate surface area is 145 Å². The molecule has 1 amide bonds. The van der Waals surface area contributed by atoms with Crippen molar-refractivity contribution in [1.82, 2.24) is 0 Å². The van der Waals surface area contributed by atoms with E-state index in [1.807, 2.05) is 0 Å². The Bertz CT molecular complexity index is 719. The maximum atomic E-state index is 13.6. The molecule has 0 saturated carbocycles.